The van der Waals surface area contributed by atoms with E-state index in [1.807, 2.05) is 11.4 Å². The zero-order valence-corrected chi connectivity index (χ0v) is 5.93. The Morgan fingerprint density at radius 1 is 1.75 bits per heavy atom. The topological polar surface area (TPSA) is 0 Å². The largest absolute Gasteiger partial charge is 0.132 e. The van der Waals surface area contributed by atoms with E-state index in [1.165, 1.54) is 0 Å². The number of rotatable bonds is 1. The second kappa shape index (κ2) is 2.51. The molecule has 1 aromatic heterocycles. The minimum atomic E-state index is 0.794. The first-order valence-corrected chi connectivity index (χ1v) is 3.61. The lowest BCUT2D eigenvalue weighted by molar-refractivity contribution is 1.30. The number of hydrogen-bond donors (Lipinski definition) is 0. The van der Waals surface area contributed by atoms with Crippen LogP contribution in [-0.4, -0.2) is 0 Å². The van der Waals surface area contributed by atoms with Gasteiger partial charge in [0, 0.05) is 0 Å². The van der Waals surface area contributed by atoms with Gasteiger partial charge in [0.2, 0.25) is 0 Å². The van der Waals surface area contributed by atoms with Gasteiger partial charge >= 0.3 is 0 Å². The SMILES string of the molecule is [CH2]Cc1ccsc1Cl. The molecular formula is C6H6ClS. The summed E-state index contributed by atoms with van der Waals surface area (Å²) in [6.45, 7) is 3.71. The lowest BCUT2D eigenvalue weighted by Crippen LogP contribution is -1.70. The molecule has 0 N–H and O–H groups in total. The molecule has 1 heterocycles. The van der Waals surface area contributed by atoms with E-state index in [1.54, 1.807) is 11.3 Å². The van der Waals surface area contributed by atoms with E-state index < -0.39 is 0 Å². The molecule has 1 rings (SSSR count). The van der Waals surface area contributed by atoms with Crippen LogP contribution in [-0.2, 0) is 6.42 Å². The van der Waals surface area contributed by atoms with Gasteiger partial charge in [-0.2, -0.15) is 0 Å². The molecule has 0 nitrogen and oxygen atoms in total. The van der Waals surface area contributed by atoms with Crippen molar-refractivity contribution in [2.75, 3.05) is 0 Å². The molecule has 8 heavy (non-hydrogen) atoms. The summed E-state index contributed by atoms with van der Waals surface area (Å²) in [5.41, 5.74) is 1.15. The van der Waals surface area contributed by atoms with Crippen molar-refractivity contribution in [2.45, 2.75) is 6.42 Å². The van der Waals surface area contributed by atoms with Crippen LogP contribution in [0.2, 0.25) is 4.34 Å². The highest BCUT2D eigenvalue weighted by molar-refractivity contribution is 7.14. The fourth-order valence-electron chi connectivity index (χ4n) is 0.499. The van der Waals surface area contributed by atoms with Crippen LogP contribution < -0.4 is 0 Å². The molecule has 0 fully saturated rings. The average molecular weight is 146 g/mol. The molecule has 0 bridgehead atoms. The molecule has 0 spiro atoms. The predicted molar refractivity (Wildman–Crippen MR) is 38.4 cm³/mol. The van der Waals surface area contributed by atoms with Crippen molar-refractivity contribution in [3.05, 3.63) is 28.3 Å². The van der Waals surface area contributed by atoms with Crippen molar-refractivity contribution in [1.82, 2.24) is 0 Å². The van der Waals surface area contributed by atoms with Gasteiger partial charge in [-0.25, -0.2) is 0 Å². The highest BCUT2D eigenvalue weighted by Crippen LogP contribution is 2.22. The third-order valence-corrected chi connectivity index (χ3v) is 2.21. The Kier molecular flexibility index (Phi) is 1.92. The monoisotopic (exact) mass is 145 g/mol. The second-order valence-corrected chi connectivity index (χ2v) is 2.99. The van der Waals surface area contributed by atoms with Crippen molar-refractivity contribution in [3.8, 4) is 0 Å². The lowest BCUT2D eigenvalue weighted by atomic mass is 10.3. The zero-order valence-electron chi connectivity index (χ0n) is 4.36. The van der Waals surface area contributed by atoms with Crippen LogP contribution in [0, 0.1) is 6.92 Å². The standard InChI is InChI=1S/C6H6ClS/c1-2-5-3-4-8-6(5)7/h3-4H,1-2H2. The van der Waals surface area contributed by atoms with Crippen LogP contribution in [0.15, 0.2) is 11.4 Å². The van der Waals surface area contributed by atoms with Crippen molar-refractivity contribution in [2.24, 2.45) is 0 Å². The fourth-order valence-corrected chi connectivity index (χ4v) is 1.48. The number of thiophene rings is 1. The van der Waals surface area contributed by atoms with Crippen LogP contribution in [0.1, 0.15) is 5.56 Å². The summed E-state index contributed by atoms with van der Waals surface area (Å²) >= 11 is 7.27. The van der Waals surface area contributed by atoms with Gasteiger partial charge < -0.3 is 0 Å². The van der Waals surface area contributed by atoms with Gasteiger partial charge in [-0.15, -0.1) is 11.3 Å². The van der Waals surface area contributed by atoms with E-state index in [0.29, 0.717) is 0 Å². The fraction of sp³-hybridized carbons (Fsp3) is 0.167. The van der Waals surface area contributed by atoms with E-state index in [2.05, 4.69) is 6.92 Å². The predicted octanol–water partition coefficient (Wildman–Crippen LogP) is 2.78. The molecule has 0 atom stereocenters. The molecule has 0 aliphatic rings. The van der Waals surface area contributed by atoms with Crippen molar-refractivity contribution >= 4 is 22.9 Å². The minimum Gasteiger partial charge on any atom is -0.132 e. The second-order valence-electron chi connectivity index (χ2n) is 1.47. The molecule has 0 aromatic carbocycles. The third-order valence-electron chi connectivity index (χ3n) is 0.963. The summed E-state index contributed by atoms with van der Waals surface area (Å²) in [4.78, 5) is 0. The molecule has 0 saturated heterocycles. The number of hydrogen-bond acceptors (Lipinski definition) is 1. The quantitative estimate of drug-likeness (QED) is 0.570. The Morgan fingerprint density at radius 2 is 2.50 bits per heavy atom. The Balaban J connectivity index is 2.92. The average Bonchev–Trinajstić information content (AvgIpc) is 2.14. The first-order valence-electron chi connectivity index (χ1n) is 2.35. The Labute approximate surface area is 58.1 Å². The van der Waals surface area contributed by atoms with Crippen LogP contribution in [0.3, 0.4) is 0 Å². The Morgan fingerprint density at radius 3 is 2.75 bits per heavy atom. The molecule has 1 aromatic rings. The Bertz CT molecular complexity index is 169. The van der Waals surface area contributed by atoms with E-state index in [9.17, 15) is 0 Å². The van der Waals surface area contributed by atoms with Gasteiger partial charge in [0.1, 0.15) is 0 Å². The molecule has 43 valence electrons. The summed E-state index contributed by atoms with van der Waals surface area (Å²) < 4.78 is 0.875. The highest BCUT2D eigenvalue weighted by Gasteiger charge is 1.95. The van der Waals surface area contributed by atoms with Crippen LogP contribution in [0.25, 0.3) is 0 Å². The van der Waals surface area contributed by atoms with Gasteiger partial charge in [-0.3, -0.25) is 0 Å². The first kappa shape index (κ1) is 6.12. The molecule has 0 unspecified atom stereocenters. The van der Waals surface area contributed by atoms with Gasteiger partial charge in [-0.05, 0) is 30.4 Å². The molecule has 1 radical (unpaired) electrons. The molecule has 0 aliphatic carbocycles. The van der Waals surface area contributed by atoms with Gasteiger partial charge in [0.05, 0.1) is 4.34 Å². The molecular weight excluding hydrogens is 140 g/mol. The maximum absolute atomic E-state index is 5.72. The zero-order chi connectivity index (χ0) is 5.98. The van der Waals surface area contributed by atoms with Gasteiger partial charge in [0.15, 0.2) is 0 Å². The van der Waals surface area contributed by atoms with E-state index >= 15 is 0 Å². The summed E-state index contributed by atoms with van der Waals surface area (Å²) in [6.07, 6.45) is 0.794. The highest BCUT2D eigenvalue weighted by atomic mass is 35.5. The number of halogens is 1. The van der Waals surface area contributed by atoms with Gasteiger partial charge in [0.25, 0.3) is 0 Å². The van der Waals surface area contributed by atoms with Crippen molar-refractivity contribution in [1.29, 1.82) is 0 Å². The maximum Gasteiger partial charge on any atom is 0.0960 e. The summed E-state index contributed by atoms with van der Waals surface area (Å²) in [6, 6.07) is 2.00. The van der Waals surface area contributed by atoms with E-state index in [4.69, 9.17) is 11.6 Å². The smallest absolute Gasteiger partial charge is 0.0960 e. The minimum absolute atomic E-state index is 0.794. The van der Waals surface area contributed by atoms with E-state index in [0.717, 1.165) is 16.3 Å². The van der Waals surface area contributed by atoms with Crippen LogP contribution in [0.5, 0.6) is 0 Å². The van der Waals surface area contributed by atoms with Crippen LogP contribution in [0.4, 0.5) is 0 Å². The molecule has 2 heteroatoms. The van der Waals surface area contributed by atoms with Crippen molar-refractivity contribution < 1.29 is 0 Å². The lowest BCUT2D eigenvalue weighted by Gasteiger charge is -1.85. The maximum atomic E-state index is 5.72. The first-order chi connectivity index (χ1) is 3.84. The summed E-state index contributed by atoms with van der Waals surface area (Å²) in [5.74, 6) is 0. The summed E-state index contributed by atoms with van der Waals surface area (Å²) in [7, 11) is 0. The van der Waals surface area contributed by atoms with Crippen molar-refractivity contribution in [3.63, 3.8) is 0 Å². The van der Waals surface area contributed by atoms with Crippen LogP contribution >= 0.6 is 22.9 Å². The summed E-state index contributed by atoms with van der Waals surface area (Å²) in [5, 5.41) is 1.98. The normalized spacial score (nSPS) is 9.75. The molecule has 0 amide bonds. The third kappa shape index (κ3) is 1.04. The van der Waals surface area contributed by atoms with Gasteiger partial charge in [-0.1, -0.05) is 11.6 Å². The Hall–Kier alpha value is -0.0100. The molecule has 0 aliphatic heterocycles. The van der Waals surface area contributed by atoms with E-state index in [-0.39, 0.29) is 0 Å². The molecule has 0 saturated carbocycles.